The Bertz CT molecular complexity index is 97.7. The van der Waals surface area contributed by atoms with Gasteiger partial charge in [-0.1, -0.05) is 25.7 Å². The maximum absolute atomic E-state index is 12.2. The Morgan fingerprint density at radius 3 is 2.18 bits per heavy atom. The van der Waals surface area contributed by atoms with Crippen LogP contribution in [-0.2, 0) is 0 Å². The van der Waals surface area contributed by atoms with Crippen molar-refractivity contribution in [1.82, 2.24) is 0 Å². The van der Waals surface area contributed by atoms with Gasteiger partial charge in [0.25, 0.3) is 0 Å². The van der Waals surface area contributed by atoms with E-state index >= 15 is 0 Å². The average molecular weight is 159 g/mol. The van der Waals surface area contributed by atoms with E-state index in [2.05, 4.69) is 0 Å². The lowest BCUT2D eigenvalue weighted by Gasteiger charge is -2.18. The van der Waals surface area contributed by atoms with E-state index in [1.54, 1.807) is 0 Å². The summed E-state index contributed by atoms with van der Waals surface area (Å²) >= 11 is 0. The van der Waals surface area contributed by atoms with Gasteiger partial charge >= 0.3 is 0 Å². The molecule has 1 rings (SSSR count). The number of hydrogen-bond acceptors (Lipinski definition) is 1. The van der Waals surface area contributed by atoms with Crippen LogP contribution in [0.1, 0.15) is 38.5 Å². The normalized spacial score (nSPS) is 24.5. The van der Waals surface area contributed by atoms with Crippen LogP contribution in [0.5, 0.6) is 0 Å². The molecule has 0 aromatic carbocycles. The summed E-state index contributed by atoms with van der Waals surface area (Å²) in [5, 5.41) is 0. The van der Waals surface area contributed by atoms with Gasteiger partial charge in [0.05, 0.1) is 0 Å². The van der Waals surface area contributed by atoms with Crippen LogP contribution in [0.4, 0.5) is 4.39 Å². The summed E-state index contributed by atoms with van der Waals surface area (Å²) in [5.41, 5.74) is 5.64. The fourth-order valence-electron chi connectivity index (χ4n) is 1.87. The van der Waals surface area contributed by atoms with Crippen LogP contribution in [0.2, 0.25) is 0 Å². The highest BCUT2D eigenvalue weighted by molar-refractivity contribution is 4.74. The minimum Gasteiger partial charge on any atom is -0.325 e. The third kappa shape index (κ3) is 2.78. The molecule has 0 spiro atoms. The Kier molecular flexibility index (Phi) is 3.84. The van der Waals surface area contributed by atoms with Crippen LogP contribution in [-0.4, -0.2) is 12.7 Å². The van der Waals surface area contributed by atoms with Gasteiger partial charge in [-0.05, 0) is 18.8 Å². The van der Waals surface area contributed by atoms with Crippen LogP contribution in [0.3, 0.4) is 0 Å². The maximum atomic E-state index is 12.2. The van der Waals surface area contributed by atoms with E-state index in [1.807, 2.05) is 0 Å². The molecule has 0 amide bonds. The van der Waals surface area contributed by atoms with Crippen LogP contribution in [0.15, 0.2) is 0 Å². The molecule has 1 fully saturated rings. The smallest absolute Gasteiger partial charge is 0.105 e. The van der Waals surface area contributed by atoms with Gasteiger partial charge in [0.2, 0.25) is 0 Å². The largest absolute Gasteiger partial charge is 0.325 e. The van der Waals surface area contributed by atoms with Gasteiger partial charge in [0.15, 0.2) is 0 Å². The fourth-order valence-corrected chi connectivity index (χ4v) is 1.87. The second-order valence-electron chi connectivity index (χ2n) is 3.57. The molecule has 0 saturated heterocycles. The molecular weight excluding hydrogens is 141 g/mol. The molecule has 0 aromatic heterocycles. The third-order valence-electron chi connectivity index (χ3n) is 2.68. The van der Waals surface area contributed by atoms with Crippen LogP contribution < -0.4 is 5.73 Å². The summed E-state index contributed by atoms with van der Waals surface area (Å²) in [5.74, 6) is 0.461. The number of alkyl halides is 1. The number of halogens is 1. The van der Waals surface area contributed by atoms with Crippen molar-refractivity contribution in [3.8, 4) is 0 Å². The van der Waals surface area contributed by atoms with Gasteiger partial charge < -0.3 is 5.73 Å². The van der Waals surface area contributed by atoms with E-state index < -0.39 is 0 Å². The summed E-state index contributed by atoms with van der Waals surface area (Å²) in [6, 6.07) is -0.187. The highest BCUT2D eigenvalue weighted by Gasteiger charge is 2.18. The first kappa shape index (κ1) is 8.98. The van der Waals surface area contributed by atoms with Crippen molar-refractivity contribution in [2.75, 3.05) is 6.67 Å². The molecule has 66 valence electrons. The molecule has 11 heavy (non-hydrogen) atoms. The Balaban J connectivity index is 2.30. The topological polar surface area (TPSA) is 26.0 Å². The molecule has 2 N–H and O–H groups in total. The molecule has 0 aromatic rings. The second-order valence-corrected chi connectivity index (χ2v) is 3.57. The van der Waals surface area contributed by atoms with Crippen LogP contribution in [0, 0.1) is 5.92 Å². The van der Waals surface area contributed by atoms with E-state index in [9.17, 15) is 4.39 Å². The van der Waals surface area contributed by atoms with Crippen molar-refractivity contribution >= 4 is 0 Å². The number of nitrogens with two attached hydrogens (primary N) is 1. The monoisotopic (exact) mass is 159 g/mol. The van der Waals surface area contributed by atoms with Crippen molar-refractivity contribution in [3.05, 3.63) is 0 Å². The summed E-state index contributed by atoms with van der Waals surface area (Å²) < 4.78 is 12.2. The first-order valence-corrected chi connectivity index (χ1v) is 4.66. The first-order chi connectivity index (χ1) is 5.34. The lowest BCUT2D eigenvalue weighted by molar-refractivity contribution is 0.307. The molecule has 0 radical (unpaired) electrons. The number of hydrogen-bond donors (Lipinski definition) is 1. The van der Waals surface area contributed by atoms with Gasteiger partial charge in [-0.2, -0.15) is 0 Å². The summed E-state index contributed by atoms with van der Waals surface area (Å²) in [6.07, 6.45) is 7.41. The van der Waals surface area contributed by atoms with Crippen molar-refractivity contribution in [3.63, 3.8) is 0 Å². The van der Waals surface area contributed by atoms with E-state index in [-0.39, 0.29) is 12.7 Å². The highest BCUT2D eigenvalue weighted by atomic mass is 19.1. The van der Waals surface area contributed by atoms with Gasteiger partial charge in [-0.3, -0.25) is 0 Å². The molecule has 1 nitrogen and oxygen atoms in total. The summed E-state index contributed by atoms with van der Waals surface area (Å²) in [7, 11) is 0. The summed E-state index contributed by atoms with van der Waals surface area (Å²) in [4.78, 5) is 0. The Morgan fingerprint density at radius 2 is 1.73 bits per heavy atom. The molecule has 2 heteroatoms. The third-order valence-corrected chi connectivity index (χ3v) is 2.68. The Labute approximate surface area is 68.2 Å². The van der Waals surface area contributed by atoms with Crippen molar-refractivity contribution in [1.29, 1.82) is 0 Å². The maximum Gasteiger partial charge on any atom is 0.105 e. The van der Waals surface area contributed by atoms with E-state index in [0.717, 1.165) is 12.8 Å². The molecular formula is C9H18FN. The van der Waals surface area contributed by atoms with Gasteiger partial charge in [-0.15, -0.1) is 0 Å². The second kappa shape index (κ2) is 4.70. The lowest BCUT2D eigenvalue weighted by Crippen LogP contribution is -2.31. The van der Waals surface area contributed by atoms with E-state index in [0.29, 0.717) is 5.92 Å². The lowest BCUT2D eigenvalue weighted by atomic mass is 9.93. The molecule has 0 aliphatic heterocycles. The molecule has 1 aliphatic rings. The predicted molar refractivity (Wildman–Crippen MR) is 45.1 cm³/mol. The van der Waals surface area contributed by atoms with Crippen LogP contribution >= 0.6 is 0 Å². The SMILES string of the molecule is NC(CF)C1CCCCCC1. The van der Waals surface area contributed by atoms with E-state index in [4.69, 9.17) is 5.73 Å². The fraction of sp³-hybridized carbons (Fsp3) is 1.00. The molecule has 1 unspecified atom stereocenters. The zero-order valence-electron chi connectivity index (χ0n) is 7.06. The zero-order valence-corrected chi connectivity index (χ0v) is 7.06. The number of rotatable bonds is 2. The molecule has 0 bridgehead atoms. The predicted octanol–water partition coefficient (Wildman–Crippen LogP) is 2.25. The minimum atomic E-state index is -0.343. The zero-order chi connectivity index (χ0) is 8.10. The standard InChI is InChI=1S/C9H18FN/c10-7-9(11)8-5-3-1-2-4-6-8/h8-9H,1-7,11H2. The Hall–Kier alpha value is -0.110. The van der Waals surface area contributed by atoms with Crippen molar-refractivity contribution in [2.45, 2.75) is 44.6 Å². The summed E-state index contributed by atoms with van der Waals surface area (Å²) in [6.45, 7) is -0.343. The van der Waals surface area contributed by atoms with E-state index in [1.165, 1.54) is 25.7 Å². The van der Waals surface area contributed by atoms with Crippen molar-refractivity contribution < 1.29 is 4.39 Å². The van der Waals surface area contributed by atoms with Crippen LogP contribution in [0.25, 0.3) is 0 Å². The molecule has 1 aliphatic carbocycles. The molecule has 1 atom stereocenters. The van der Waals surface area contributed by atoms with Crippen molar-refractivity contribution in [2.24, 2.45) is 11.7 Å². The first-order valence-electron chi connectivity index (χ1n) is 4.66. The van der Waals surface area contributed by atoms with Gasteiger partial charge in [-0.25, -0.2) is 4.39 Å². The van der Waals surface area contributed by atoms with Gasteiger partial charge in [0.1, 0.15) is 6.67 Å². The Morgan fingerprint density at radius 1 is 1.18 bits per heavy atom. The molecule has 1 saturated carbocycles. The van der Waals surface area contributed by atoms with Gasteiger partial charge in [0, 0.05) is 6.04 Å². The quantitative estimate of drug-likeness (QED) is 0.614. The highest BCUT2D eigenvalue weighted by Crippen LogP contribution is 2.24. The molecule has 0 heterocycles. The average Bonchev–Trinajstić information content (AvgIpc) is 2.30. The minimum absolute atomic E-state index is 0.187.